The van der Waals surface area contributed by atoms with Gasteiger partial charge in [0.25, 0.3) is 5.56 Å². The highest BCUT2D eigenvalue weighted by Crippen LogP contribution is 2.25. The number of hydrogen-bond donors (Lipinski definition) is 1. The lowest BCUT2D eigenvalue weighted by Gasteiger charge is -2.18. The Labute approximate surface area is 138 Å². The summed E-state index contributed by atoms with van der Waals surface area (Å²) in [6.07, 6.45) is 5.36. The van der Waals surface area contributed by atoms with E-state index >= 15 is 0 Å². The average Bonchev–Trinajstić information content (AvgIpc) is 3.02. The molecular weight excluding hydrogens is 284 g/mol. The van der Waals surface area contributed by atoms with Gasteiger partial charge < -0.3 is 10.3 Å². The van der Waals surface area contributed by atoms with Crippen LogP contribution in [0.2, 0.25) is 0 Å². The monoisotopic (exact) mass is 310 g/mol. The van der Waals surface area contributed by atoms with Gasteiger partial charge >= 0.3 is 0 Å². The van der Waals surface area contributed by atoms with Gasteiger partial charge in [0.15, 0.2) is 0 Å². The van der Waals surface area contributed by atoms with E-state index in [-0.39, 0.29) is 11.6 Å². The van der Waals surface area contributed by atoms with Crippen LogP contribution >= 0.6 is 0 Å². The van der Waals surface area contributed by atoms with Crippen molar-refractivity contribution in [2.75, 3.05) is 0 Å². The largest absolute Gasteiger partial charge is 0.320 e. The maximum Gasteiger partial charge on any atom is 0.255 e. The molecule has 1 aliphatic rings. The first-order chi connectivity index (χ1) is 11.1. The summed E-state index contributed by atoms with van der Waals surface area (Å²) in [5, 5.41) is 0. The van der Waals surface area contributed by atoms with Crippen molar-refractivity contribution in [1.82, 2.24) is 4.57 Å². The number of nitrogens with two attached hydrogens (primary N) is 1. The highest BCUT2D eigenvalue weighted by molar-refractivity contribution is 5.37. The Morgan fingerprint density at radius 2 is 1.96 bits per heavy atom. The average molecular weight is 310 g/mol. The van der Waals surface area contributed by atoms with Crippen molar-refractivity contribution in [3.8, 4) is 0 Å². The number of rotatable bonds is 5. The topological polar surface area (TPSA) is 48.0 Å². The number of pyridine rings is 1. The minimum Gasteiger partial charge on any atom is -0.320 e. The molecule has 0 bridgehead atoms. The van der Waals surface area contributed by atoms with Gasteiger partial charge in [0, 0.05) is 17.8 Å². The number of hydrogen-bond acceptors (Lipinski definition) is 2. The van der Waals surface area contributed by atoms with Gasteiger partial charge in [-0.25, -0.2) is 0 Å². The Morgan fingerprint density at radius 1 is 1.22 bits per heavy atom. The molecule has 3 rings (SSSR count). The fourth-order valence-electron chi connectivity index (χ4n) is 3.47. The van der Waals surface area contributed by atoms with Crippen LogP contribution in [0.15, 0.2) is 35.1 Å². The van der Waals surface area contributed by atoms with E-state index in [1.165, 1.54) is 16.8 Å². The first-order valence-electron chi connectivity index (χ1n) is 8.69. The standard InChI is InChI=1S/C20H26N2O/c1-3-4-12-22-18-7-5-6-16(18)13-17(20(22)23)19(21)15-10-8-14(2)9-11-15/h8-11,13,19H,3-7,12,21H2,1-2H3. The first kappa shape index (κ1) is 16.0. The van der Waals surface area contributed by atoms with Crippen LogP contribution in [0.3, 0.4) is 0 Å². The van der Waals surface area contributed by atoms with Crippen LogP contribution in [0.4, 0.5) is 0 Å². The summed E-state index contributed by atoms with van der Waals surface area (Å²) in [7, 11) is 0. The number of aryl methyl sites for hydroxylation is 2. The number of aromatic nitrogens is 1. The lowest BCUT2D eigenvalue weighted by atomic mass is 9.98. The van der Waals surface area contributed by atoms with Crippen molar-refractivity contribution in [2.24, 2.45) is 5.73 Å². The lowest BCUT2D eigenvalue weighted by Crippen LogP contribution is -2.31. The van der Waals surface area contributed by atoms with Gasteiger partial charge in [-0.2, -0.15) is 0 Å². The summed E-state index contributed by atoms with van der Waals surface area (Å²) < 4.78 is 2.00. The van der Waals surface area contributed by atoms with Crippen molar-refractivity contribution in [3.63, 3.8) is 0 Å². The normalized spacial score (nSPS) is 14.7. The van der Waals surface area contributed by atoms with Crippen LogP contribution in [-0.4, -0.2) is 4.57 Å². The fourth-order valence-corrected chi connectivity index (χ4v) is 3.47. The van der Waals surface area contributed by atoms with E-state index in [1.807, 2.05) is 16.7 Å². The highest BCUT2D eigenvalue weighted by atomic mass is 16.1. The maximum atomic E-state index is 13.0. The van der Waals surface area contributed by atoms with Gasteiger partial charge in [-0.1, -0.05) is 43.2 Å². The first-order valence-corrected chi connectivity index (χ1v) is 8.69. The molecule has 0 amide bonds. The molecule has 0 saturated carbocycles. The van der Waals surface area contributed by atoms with E-state index in [1.54, 1.807) is 0 Å². The Balaban J connectivity index is 2.05. The molecule has 0 fully saturated rings. The molecule has 0 radical (unpaired) electrons. The minimum atomic E-state index is -0.345. The van der Waals surface area contributed by atoms with Crippen LogP contribution in [0.5, 0.6) is 0 Å². The van der Waals surface area contributed by atoms with Gasteiger partial charge in [-0.05, 0) is 49.8 Å². The predicted molar refractivity (Wildman–Crippen MR) is 94.8 cm³/mol. The molecule has 0 aliphatic heterocycles. The lowest BCUT2D eigenvalue weighted by molar-refractivity contribution is 0.582. The summed E-state index contributed by atoms with van der Waals surface area (Å²) in [6.45, 7) is 5.03. The van der Waals surface area contributed by atoms with Gasteiger partial charge in [0.05, 0.1) is 6.04 Å². The quantitative estimate of drug-likeness (QED) is 0.919. The number of benzene rings is 1. The zero-order chi connectivity index (χ0) is 16.4. The zero-order valence-corrected chi connectivity index (χ0v) is 14.1. The predicted octanol–water partition coefficient (Wildman–Crippen LogP) is 3.49. The van der Waals surface area contributed by atoms with Crippen molar-refractivity contribution in [1.29, 1.82) is 0 Å². The van der Waals surface area contributed by atoms with Crippen molar-refractivity contribution >= 4 is 0 Å². The van der Waals surface area contributed by atoms with Crippen molar-refractivity contribution < 1.29 is 0 Å². The fraction of sp³-hybridized carbons (Fsp3) is 0.450. The zero-order valence-electron chi connectivity index (χ0n) is 14.1. The van der Waals surface area contributed by atoms with Crippen LogP contribution < -0.4 is 11.3 Å². The molecule has 1 unspecified atom stereocenters. The third-order valence-corrected chi connectivity index (χ3v) is 4.88. The Morgan fingerprint density at radius 3 is 2.65 bits per heavy atom. The van der Waals surface area contributed by atoms with E-state index < -0.39 is 0 Å². The molecule has 1 heterocycles. The van der Waals surface area contributed by atoms with E-state index in [4.69, 9.17) is 5.73 Å². The molecule has 3 nitrogen and oxygen atoms in total. The highest BCUT2D eigenvalue weighted by Gasteiger charge is 2.22. The van der Waals surface area contributed by atoms with E-state index in [0.29, 0.717) is 0 Å². The van der Waals surface area contributed by atoms with E-state index in [9.17, 15) is 4.79 Å². The number of fused-ring (bicyclic) bond motifs is 1. The molecule has 1 aromatic heterocycles. The number of nitrogens with zero attached hydrogens (tertiary/aromatic N) is 1. The van der Waals surface area contributed by atoms with Crippen molar-refractivity contribution in [2.45, 2.75) is 58.5 Å². The smallest absolute Gasteiger partial charge is 0.255 e. The van der Waals surface area contributed by atoms with Crippen LogP contribution in [0, 0.1) is 6.92 Å². The Kier molecular flexibility index (Phi) is 4.67. The van der Waals surface area contributed by atoms with Crippen LogP contribution in [0.25, 0.3) is 0 Å². The Bertz CT molecular complexity index is 743. The molecule has 122 valence electrons. The van der Waals surface area contributed by atoms with Gasteiger partial charge in [-0.3, -0.25) is 4.79 Å². The second kappa shape index (κ2) is 6.71. The SMILES string of the molecule is CCCCn1c2c(cc(C(N)c3ccc(C)cc3)c1=O)CCC2. The summed E-state index contributed by atoms with van der Waals surface area (Å²) in [5.41, 5.74) is 12.1. The molecule has 0 spiro atoms. The molecular formula is C20H26N2O. The van der Waals surface area contributed by atoms with Gasteiger partial charge in [0.2, 0.25) is 0 Å². The van der Waals surface area contributed by atoms with E-state index in [2.05, 4.69) is 32.0 Å². The maximum absolute atomic E-state index is 13.0. The molecule has 23 heavy (non-hydrogen) atoms. The third-order valence-electron chi connectivity index (χ3n) is 4.88. The number of unbranched alkanes of at least 4 members (excludes halogenated alkanes) is 1. The van der Waals surface area contributed by atoms with Gasteiger partial charge in [-0.15, -0.1) is 0 Å². The molecule has 1 aromatic carbocycles. The summed E-state index contributed by atoms with van der Waals surface area (Å²) in [4.78, 5) is 13.0. The second-order valence-corrected chi connectivity index (χ2v) is 6.62. The van der Waals surface area contributed by atoms with Crippen LogP contribution in [0.1, 0.15) is 60.2 Å². The summed E-state index contributed by atoms with van der Waals surface area (Å²) in [6, 6.07) is 9.89. The van der Waals surface area contributed by atoms with E-state index in [0.717, 1.165) is 49.8 Å². The molecule has 3 heteroatoms. The molecule has 2 N–H and O–H groups in total. The minimum absolute atomic E-state index is 0.104. The van der Waals surface area contributed by atoms with Crippen molar-refractivity contribution in [3.05, 3.63) is 68.6 Å². The second-order valence-electron chi connectivity index (χ2n) is 6.62. The molecule has 1 aliphatic carbocycles. The molecule has 1 atom stereocenters. The van der Waals surface area contributed by atoms with Crippen LogP contribution in [-0.2, 0) is 19.4 Å². The Hall–Kier alpha value is -1.87. The molecule has 2 aromatic rings. The molecule has 0 saturated heterocycles. The van der Waals surface area contributed by atoms with Gasteiger partial charge in [0.1, 0.15) is 0 Å². The summed E-state index contributed by atoms with van der Waals surface area (Å²) >= 11 is 0. The summed E-state index contributed by atoms with van der Waals surface area (Å²) in [5.74, 6) is 0. The third kappa shape index (κ3) is 3.11.